The maximum absolute atomic E-state index is 12.0. The van der Waals surface area contributed by atoms with Crippen LogP contribution in [0.25, 0.3) is 22.2 Å². The van der Waals surface area contributed by atoms with Crippen LogP contribution >= 0.6 is 11.3 Å². The van der Waals surface area contributed by atoms with E-state index in [1.54, 1.807) is 30.4 Å². The minimum Gasteiger partial charge on any atom is -0.294 e. The van der Waals surface area contributed by atoms with E-state index < -0.39 is 4.92 Å². The van der Waals surface area contributed by atoms with Gasteiger partial charge in [-0.05, 0) is 31.2 Å². The lowest BCUT2D eigenvalue weighted by Gasteiger charge is -1.98. The molecule has 0 saturated carbocycles. The van der Waals surface area contributed by atoms with Crippen LogP contribution in [0.3, 0.4) is 0 Å². The quantitative estimate of drug-likeness (QED) is 0.377. The highest BCUT2D eigenvalue weighted by molar-refractivity contribution is 7.20. The molecule has 0 N–H and O–H groups in total. The topological polar surface area (TPSA) is 60.2 Å². The Balaban J connectivity index is 2.10. The highest BCUT2D eigenvalue weighted by Crippen LogP contribution is 2.33. The van der Waals surface area contributed by atoms with Crippen molar-refractivity contribution in [3.63, 3.8) is 0 Å². The Labute approximate surface area is 136 Å². The Hall–Kier alpha value is -2.79. The molecular formula is C18H13NO3S. The highest BCUT2D eigenvalue weighted by Gasteiger charge is 2.14. The Morgan fingerprint density at radius 2 is 1.78 bits per heavy atom. The van der Waals surface area contributed by atoms with Crippen molar-refractivity contribution < 1.29 is 9.72 Å². The fourth-order valence-corrected chi connectivity index (χ4v) is 3.66. The fraction of sp³-hybridized carbons (Fsp3) is 0.0556. The first-order chi connectivity index (χ1) is 11.1. The number of thiophene rings is 1. The van der Waals surface area contributed by atoms with Crippen molar-refractivity contribution in [1.82, 2.24) is 0 Å². The van der Waals surface area contributed by atoms with Crippen LogP contribution in [-0.2, 0) is 0 Å². The summed E-state index contributed by atoms with van der Waals surface area (Å²) >= 11 is 1.51. The number of carbonyl (C=O) groups excluding carboxylic acids is 1. The van der Waals surface area contributed by atoms with Crippen molar-refractivity contribution in [3.05, 3.63) is 74.6 Å². The lowest BCUT2D eigenvalue weighted by molar-refractivity contribution is -0.385. The third-order valence-corrected chi connectivity index (χ3v) is 4.66. The van der Waals surface area contributed by atoms with E-state index in [0.29, 0.717) is 11.1 Å². The normalized spacial score (nSPS) is 11.2. The van der Waals surface area contributed by atoms with Gasteiger partial charge in [0.2, 0.25) is 0 Å². The maximum atomic E-state index is 12.0. The molecule has 0 bridgehead atoms. The molecule has 3 aromatic rings. The van der Waals surface area contributed by atoms with Crippen LogP contribution in [-0.4, -0.2) is 10.7 Å². The maximum Gasteiger partial charge on any atom is 0.276 e. The van der Waals surface area contributed by atoms with Crippen molar-refractivity contribution in [2.75, 3.05) is 0 Å². The first-order valence-corrected chi connectivity index (χ1v) is 7.83. The Morgan fingerprint density at radius 3 is 2.52 bits per heavy atom. The summed E-state index contributed by atoms with van der Waals surface area (Å²) in [6, 6.07) is 14.3. The first kappa shape index (κ1) is 15.1. The predicted molar refractivity (Wildman–Crippen MR) is 93.9 cm³/mol. The molecule has 4 nitrogen and oxygen atoms in total. The second-order valence-electron chi connectivity index (χ2n) is 5.04. The van der Waals surface area contributed by atoms with Crippen molar-refractivity contribution in [1.29, 1.82) is 0 Å². The lowest BCUT2D eigenvalue weighted by Crippen LogP contribution is -1.92. The number of fused-ring (bicyclic) bond motifs is 1. The summed E-state index contributed by atoms with van der Waals surface area (Å²) in [5.41, 5.74) is 1.24. The fourth-order valence-electron chi connectivity index (χ4n) is 2.51. The molecule has 5 heteroatoms. The number of rotatable bonds is 4. The zero-order valence-electron chi connectivity index (χ0n) is 12.4. The van der Waals surface area contributed by atoms with Crippen molar-refractivity contribution in [2.45, 2.75) is 6.92 Å². The van der Waals surface area contributed by atoms with Crippen LogP contribution in [0.4, 0.5) is 5.69 Å². The zero-order valence-corrected chi connectivity index (χ0v) is 13.2. The zero-order chi connectivity index (χ0) is 16.4. The summed E-state index contributed by atoms with van der Waals surface area (Å²) in [7, 11) is 0. The van der Waals surface area contributed by atoms with Crippen molar-refractivity contribution in [3.8, 4) is 0 Å². The van der Waals surface area contributed by atoms with E-state index in [2.05, 4.69) is 0 Å². The van der Waals surface area contributed by atoms with E-state index in [-0.39, 0.29) is 11.5 Å². The van der Waals surface area contributed by atoms with Gasteiger partial charge in [0, 0.05) is 26.6 Å². The Bertz CT molecular complexity index is 940. The minimum absolute atomic E-state index is 0.00957. The van der Waals surface area contributed by atoms with Gasteiger partial charge in [0.15, 0.2) is 5.78 Å². The molecule has 1 heterocycles. The van der Waals surface area contributed by atoms with Crippen molar-refractivity contribution >= 4 is 45.0 Å². The summed E-state index contributed by atoms with van der Waals surface area (Å²) in [6.07, 6.45) is 3.47. The summed E-state index contributed by atoms with van der Waals surface area (Å²) in [5, 5.41) is 12.0. The SMILES string of the molecule is CC(=O)c1c(/C=C/c2ccccc2[N+](=O)[O-])sc2ccccc12. The molecule has 0 aliphatic heterocycles. The van der Waals surface area contributed by atoms with Gasteiger partial charge in [-0.25, -0.2) is 0 Å². The molecule has 3 rings (SSSR count). The number of benzene rings is 2. The minimum atomic E-state index is -0.406. The number of hydrogen-bond donors (Lipinski definition) is 0. The third kappa shape index (κ3) is 2.91. The van der Waals surface area contributed by atoms with Crippen molar-refractivity contribution in [2.24, 2.45) is 0 Å². The molecule has 0 amide bonds. The van der Waals surface area contributed by atoms with E-state index in [0.717, 1.165) is 15.0 Å². The standard InChI is InChI=1S/C18H13NO3S/c1-12(20)18-14-7-3-5-9-16(14)23-17(18)11-10-13-6-2-4-8-15(13)19(21)22/h2-11H,1H3/b11-10+. The molecule has 0 spiro atoms. The van der Waals surface area contributed by atoms with Gasteiger partial charge in [-0.15, -0.1) is 11.3 Å². The van der Waals surface area contributed by atoms with Crippen LogP contribution in [0.15, 0.2) is 48.5 Å². The number of nitrogens with zero attached hydrogens (tertiary/aromatic N) is 1. The van der Waals surface area contributed by atoms with E-state index in [4.69, 9.17) is 0 Å². The van der Waals surface area contributed by atoms with Gasteiger partial charge in [-0.2, -0.15) is 0 Å². The summed E-state index contributed by atoms with van der Waals surface area (Å²) in [4.78, 5) is 23.5. The number of nitro groups is 1. The van der Waals surface area contributed by atoms with Gasteiger partial charge in [-0.1, -0.05) is 30.3 Å². The number of carbonyl (C=O) groups is 1. The molecule has 0 unspecified atom stereocenters. The van der Waals surface area contributed by atoms with Crippen LogP contribution in [0.5, 0.6) is 0 Å². The summed E-state index contributed by atoms with van der Waals surface area (Å²) < 4.78 is 1.03. The van der Waals surface area contributed by atoms with Crippen LogP contribution in [0.1, 0.15) is 27.7 Å². The van der Waals surface area contributed by atoms with Crippen LogP contribution in [0.2, 0.25) is 0 Å². The smallest absolute Gasteiger partial charge is 0.276 e. The average Bonchev–Trinajstić information content (AvgIpc) is 2.91. The van der Waals surface area contributed by atoms with E-state index >= 15 is 0 Å². The second-order valence-corrected chi connectivity index (χ2v) is 6.13. The van der Waals surface area contributed by atoms with E-state index in [9.17, 15) is 14.9 Å². The molecule has 0 atom stereocenters. The van der Waals surface area contributed by atoms with Gasteiger partial charge < -0.3 is 0 Å². The predicted octanol–water partition coefficient (Wildman–Crippen LogP) is 5.18. The molecule has 114 valence electrons. The van der Waals surface area contributed by atoms with E-state index in [1.165, 1.54) is 24.3 Å². The van der Waals surface area contributed by atoms with Crippen LogP contribution < -0.4 is 0 Å². The second kappa shape index (κ2) is 6.14. The summed E-state index contributed by atoms with van der Waals surface area (Å²) in [6.45, 7) is 1.54. The first-order valence-electron chi connectivity index (χ1n) is 7.02. The third-order valence-electron chi connectivity index (χ3n) is 3.52. The number of Topliss-reactive ketones (excluding diaryl/α,β-unsaturated/α-hetero) is 1. The Kier molecular flexibility index (Phi) is 4.04. The number of nitro benzene ring substituents is 1. The highest BCUT2D eigenvalue weighted by atomic mass is 32.1. The number of para-hydroxylation sites is 1. The molecule has 2 aromatic carbocycles. The average molecular weight is 323 g/mol. The van der Waals surface area contributed by atoms with Crippen LogP contribution in [0, 0.1) is 10.1 Å². The molecule has 23 heavy (non-hydrogen) atoms. The number of ketones is 1. The van der Waals surface area contributed by atoms with Gasteiger partial charge in [-0.3, -0.25) is 14.9 Å². The molecule has 0 aliphatic rings. The van der Waals surface area contributed by atoms with Gasteiger partial charge in [0.1, 0.15) is 0 Å². The molecule has 0 fully saturated rings. The number of hydrogen-bond acceptors (Lipinski definition) is 4. The lowest BCUT2D eigenvalue weighted by atomic mass is 10.1. The van der Waals surface area contributed by atoms with Gasteiger partial charge >= 0.3 is 0 Å². The molecule has 0 radical (unpaired) electrons. The monoisotopic (exact) mass is 323 g/mol. The molecule has 1 aromatic heterocycles. The Morgan fingerprint density at radius 1 is 1.09 bits per heavy atom. The molecular weight excluding hydrogens is 310 g/mol. The largest absolute Gasteiger partial charge is 0.294 e. The molecule has 0 aliphatic carbocycles. The summed E-state index contributed by atoms with van der Waals surface area (Å²) in [5.74, 6) is -0.00957. The van der Waals surface area contributed by atoms with Gasteiger partial charge in [0.25, 0.3) is 5.69 Å². The molecule has 0 saturated heterocycles. The van der Waals surface area contributed by atoms with Gasteiger partial charge in [0.05, 0.1) is 10.5 Å². The van der Waals surface area contributed by atoms with E-state index in [1.807, 2.05) is 24.3 Å².